The zero-order chi connectivity index (χ0) is 22.6. The molecule has 1 aromatic heterocycles. The lowest BCUT2D eigenvalue weighted by molar-refractivity contribution is -0.139. The molecule has 0 saturated heterocycles. The average molecular weight is 441 g/mol. The summed E-state index contributed by atoms with van der Waals surface area (Å²) in [5, 5.41) is 0.978. The smallest absolute Gasteiger partial charge is 0.331 e. The Morgan fingerprint density at radius 2 is 1.94 bits per heavy atom. The summed E-state index contributed by atoms with van der Waals surface area (Å²) in [7, 11) is 0. The van der Waals surface area contributed by atoms with Crippen molar-refractivity contribution in [1.82, 2.24) is 4.98 Å². The second kappa shape index (κ2) is 9.22. The third-order valence-corrected chi connectivity index (χ3v) is 5.33. The Labute approximate surface area is 190 Å². The summed E-state index contributed by atoms with van der Waals surface area (Å²) < 4.78 is 31.3. The predicted octanol–water partition coefficient (Wildman–Crippen LogP) is 5.74. The van der Waals surface area contributed by atoms with Gasteiger partial charge in [0, 0.05) is 39.9 Å². The number of hydrogen-bond donors (Lipinski definition) is 0. The number of ether oxygens (including phenoxy) is 3. The minimum absolute atomic E-state index is 0.126. The Balaban J connectivity index is 1.31. The van der Waals surface area contributed by atoms with Gasteiger partial charge in [0.2, 0.25) is 6.29 Å². The van der Waals surface area contributed by atoms with Crippen molar-refractivity contribution in [2.24, 2.45) is 0 Å². The fourth-order valence-electron chi connectivity index (χ4n) is 3.78. The van der Waals surface area contributed by atoms with Gasteiger partial charge in [0.25, 0.3) is 0 Å². The number of halogens is 1. The number of nitrogens with zero attached hydrogens (tertiary/aromatic N) is 1. The van der Waals surface area contributed by atoms with Crippen LogP contribution in [0.15, 0.2) is 85.1 Å². The van der Waals surface area contributed by atoms with E-state index >= 15 is 0 Å². The highest BCUT2D eigenvalue weighted by Crippen LogP contribution is 2.36. The minimum atomic E-state index is -0.614. The first-order chi connectivity index (χ1) is 16.2. The van der Waals surface area contributed by atoms with E-state index in [-0.39, 0.29) is 13.2 Å². The van der Waals surface area contributed by atoms with Crippen LogP contribution in [0.3, 0.4) is 0 Å². The van der Waals surface area contributed by atoms with Crippen LogP contribution in [0.4, 0.5) is 4.39 Å². The molecule has 0 amide bonds. The van der Waals surface area contributed by atoms with E-state index in [2.05, 4.69) is 4.98 Å². The first-order valence-corrected chi connectivity index (χ1v) is 10.5. The van der Waals surface area contributed by atoms with Gasteiger partial charge in [-0.05, 0) is 24.3 Å². The zero-order valence-electron chi connectivity index (χ0n) is 17.6. The van der Waals surface area contributed by atoms with Crippen LogP contribution >= 0.6 is 0 Å². The van der Waals surface area contributed by atoms with Gasteiger partial charge >= 0.3 is 5.97 Å². The molecule has 5 rings (SSSR count). The number of carbonyl (C=O) groups is 1. The van der Waals surface area contributed by atoms with E-state index in [1.54, 1.807) is 12.3 Å². The van der Waals surface area contributed by atoms with Gasteiger partial charge in [-0.15, -0.1) is 0 Å². The van der Waals surface area contributed by atoms with Gasteiger partial charge in [-0.25, -0.2) is 9.18 Å². The molecule has 33 heavy (non-hydrogen) atoms. The van der Waals surface area contributed by atoms with Crippen LogP contribution in [0.1, 0.15) is 28.5 Å². The standard InChI is InChI=1S/C27H20FNO4/c28-23-14-21(26-22(15-23)17-32-27(33-26)20-6-2-1-3-7-20)16-31-24(30)12-11-19-9-4-8-18-10-5-13-29-25(18)19/h1-15,27H,16-17H2. The molecule has 3 aromatic carbocycles. The summed E-state index contributed by atoms with van der Waals surface area (Å²) in [4.78, 5) is 16.7. The lowest BCUT2D eigenvalue weighted by Crippen LogP contribution is -2.19. The van der Waals surface area contributed by atoms with Crippen LogP contribution in [0.5, 0.6) is 5.75 Å². The normalized spacial score (nSPS) is 15.2. The van der Waals surface area contributed by atoms with Crippen molar-refractivity contribution in [1.29, 1.82) is 0 Å². The topological polar surface area (TPSA) is 57.7 Å². The number of benzene rings is 3. The summed E-state index contributed by atoms with van der Waals surface area (Å²) in [5.41, 5.74) is 3.47. The molecule has 164 valence electrons. The van der Waals surface area contributed by atoms with Gasteiger partial charge < -0.3 is 14.2 Å². The number of carbonyl (C=O) groups excluding carboxylic acids is 1. The number of rotatable bonds is 5. The Morgan fingerprint density at radius 1 is 1.09 bits per heavy atom. The maximum absolute atomic E-state index is 14.1. The fraction of sp³-hybridized carbons (Fsp3) is 0.111. The quantitative estimate of drug-likeness (QED) is 0.292. The van der Waals surface area contributed by atoms with Gasteiger partial charge in [-0.3, -0.25) is 4.98 Å². The molecule has 0 N–H and O–H groups in total. The summed E-state index contributed by atoms with van der Waals surface area (Å²) >= 11 is 0. The lowest BCUT2D eigenvalue weighted by Gasteiger charge is -2.28. The predicted molar refractivity (Wildman–Crippen MR) is 122 cm³/mol. The molecule has 0 bridgehead atoms. The van der Waals surface area contributed by atoms with Crippen LogP contribution in [-0.4, -0.2) is 11.0 Å². The molecule has 1 aliphatic heterocycles. The first-order valence-electron chi connectivity index (χ1n) is 10.5. The summed E-state index contributed by atoms with van der Waals surface area (Å²) in [5.74, 6) is -0.512. The Hall–Kier alpha value is -4.03. The number of hydrogen-bond acceptors (Lipinski definition) is 5. The monoisotopic (exact) mass is 441 g/mol. The molecule has 0 saturated carbocycles. The molecular formula is C27H20FNO4. The van der Waals surface area contributed by atoms with Crippen molar-refractivity contribution >= 4 is 22.9 Å². The van der Waals surface area contributed by atoms with Crippen molar-refractivity contribution in [3.63, 3.8) is 0 Å². The molecule has 1 aliphatic rings. The van der Waals surface area contributed by atoms with E-state index in [9.17, 15) is 9.18 Å². The first kappa shape index (κ1) is 20.8. The van der Waals surface area contributed by atoms with Crippen molar-refractivity contribution < 1.29 is 23.4 Å². The largest absolute Gasteiger partial charge is 0.460 e. The third-order valence-electron chi connectivity index (χ3n) is 5.33. The van der Waals surface area contributed by atoms with Crippen molar-refractivity contribution in [2.45, 2.75) is 19.5 Å². The van der Waals surface area contributed by atoms with E-state index in [0.29, 0.717) is 16.9 Å². The van der Waals surface area contributed by atoms with Crippen LogP contribution in [0.2, 0.25) is 0 Å². The number of aromatic nitrogens is 1. The molecule has 0 fully saturated rings. The second-order valence-electron chi connectivity index (χ2n) is 7.59. The molecule has 2 heterocycles. The van der Waals surface area contributed by atoms with Crippen molar-refractivity contribution in [2.75, 3.05) is 0 Å². The molecule has 6 heteroatoms. The zero-order valence-corrected chi connectivity index (χ0v) is 17.6. The second-order valence-corrected chi connectivity index (χ2v) is 7.59. The summed E-state index contributed by atoms with van der Waals surface area (Å²) in [6.45, 7) is 0.0696. The van der Waals surface area contributed by atoms with Gasteiger partial charge in [0.15, 0.2) is 0 Å². The van der Waals surface area contributed by atoms with E-state index in [1.165, 1.54) is 18.2 Å². The van der Waals surface area contributed by atoms with Crippen LogP contribution in [-0.2, 0) is 27.5 Å². The maximum Gasteiger partial charge on any atom is 0.331 e. The number of fused-ring (bicyclic) bond motifs is 2. The van der Waals surface area contributed by atoms with E-state index in [0.717, 1.165) is 22.0 Å². The number of para-hydroxylation sites is 1. The van der Waals surface area contributed by atoms with E-state index < -0.39 is 18.1 Å². The number of esters is 1. The fourth-order valence-corrected chi connectivity index (χ4v) is 3.78. The Morgan fingerprint density at radius 3 is 2.82 bits per heavy atom. The molecule has 1 atom stereocenters. The maximum atomic E-state index is 14.1. The van der Waals surface area contributed by atoms with Gasteiger partial charge in [0.1, 0.15) is 18.2 Å². The highest BCUT2D eigenvalue weighted by Gasteiger charge is 2.25. The Bertz CT molecular complexity index is 1330. The van der Waals surface area contributed by atoms with Crippen LogP contribution in [0.25, 0.3) is 17.0 Å². The summed E-state index contributed by atoms with van der Waals surface area (Å²) in [6, 6.07) is 21.7. The Kier molecular flexibility index (Phi) is 5.83. The van der Waals surface area contributed by atoms with Gasteiger partial charge in [-0.2, -0.15) is 0 Å². The molecule has 0 radical (unpaired) electrons. The number of pyridine rings is 1. The third kappa shape index (κ3) is 4.61. The lowest BCUT2D eigenvalue weighted by atomic mass is 10.1. The van der Waals surface area contributed by atoms with Crippen LogP contribution in [0, 0.1) is 5.82 Å². The van der Waals surface area contributed by atoms with Crippen LogP contribution < -0.4 is 4.74 Å². The minimum Gasteiger partial charge on any atom is -0.460 e. The highest BCUT2D eigenvalue weighted by molar-refractivity contribution is 5.92. The molecule has 0 spiro atoms. The SMILES string of the molecule is O=C(C=Cc1cccc2cccnc12)OCc1cc(F)cc2c1OC(c1ccccc1)OC2. The summed E-state index contributed by atoms with van der Waals surface area (Å²) in [6.07, 6.45) is 4.09. The van der Waals surface area contributed by atoms with E-state index in [4.69, 9.17) is 14.2 Å². The average Bonchev–Trinajstić information content (AvgIpc) is 2.86. The molecule has 4 aromatic rings. The molecular weight excluding hydrogens is 421 g/mol. The molecule has 1 unspecified atom stereocenters. The highest BCUT2D eigenvalue weighted by atomic mass is 19.1. The van der Waals surface area contributed by atoms with Gasteiger partial charge in [-0.1, -0.05) is 54.6 Å². The van der Waals surface area contributed by atoms with Crippen molar-refractivity contribution in [3.05, 3.63) is 113 Å². The molecule has 0 aliphatic carbocycles. The molecule has 5 nitrogen and oxygen atoms in total. The van der Waals surface area contributed by atoms with Gasteiger partial charge in [0.05, 0.1) is 12.1 Å². The van der Waals surface area contributed by atoms with E-state index in [1.807, 2.05) is 60.7 Å². The van der Waals surface area contributed by atoms with Crippen molar-refractivity contribution in [3.8, 4) is 5.75 Å².